The van der Waals surface area contributed by atoms with Gasteiger partial charge in [-0.25, -0.2) is 4.98 Å². The Morgan fingerprint density at radius 3 is 2.38 bits per heavy atom. The van der Waals surface area contributed by atoms with Crippen LogP contribution in [0.4, 0.5) is 0 Å². The fraction of sp³-hybridized carbons (Fsp3) is 0.438. The van der Waals surface area contributed by atoms with Gasteiger partial charge in [-0.1, -0.05) is 6.92 Å². The Bertz CT molecular complexity index is 561. The summed E-state index contributed by atoms with van der Waals surface area (Å²) in [6.45, 7) is 5.03. The van der Waals surface area contributed by atoms with E-state index >= 15 is 0 Å². The predicted molar refractivity (Wildman–Crippen MR) is 86.3 cm³/mol. The molecule has 2 aromatic rings. The average molecular weight is 306 g/mol. The summed E-state index contributed by atoms with van der Waals surface area (Å²) in [5, 5.41) is 4.62. The molecule has 1 unspecified atom stereocenters. The molecule has 1 aromatic heterocycles. The second kappa shape index (κ2) is 7.43. The van der Waals surface area contributed by atoms with Crippen molar-refractivity contribution < 1.29 is 9.47 Å². The SMILES string of the molecule is CCc1cnc(C(C)NCc2cc(OC)cc(OC)c2)s1. The molecule has 21 heavy (non-hydrogen) atoms. The molecule has 1 N–H and O–H groups in total. The Labute approximate surface area is 130 Å². The van der Waals surface area contributed by atoms with Crippen LogP contribution in [-0.4, -0.2) is 19.2 Å². The van der Waals surface area contributed by atoms with E-state index in [4.69, 9.17) is 9.47 Å². The van der Waals surface area contributed by atoms with Crippen molar-refractivity contribution in [3.63, 3.8) is 0 Å². The van der Waals surface area contributed by atoms with Crippen LogP contribution in [0.2, 0.25) is 0 Å². The molecule has 0 spiro atoms. The Kier molecular flexibility index (Phi) is 5.59. The first-order valence-corrected chi connectivity index (χ1v) is 7.87. The van der Waals surface area contributed by atoms with Crippen molar-refractivity contribution in [2.75, 3.05) is 14.2 Å². The molecule has 0 aliphatic rings. The molecule has 2 rings (SSSR count). The third-order valence-corrected chi connectivity index (χ3v) is 4.64. The fourth-order valence-electron chi connectivity index (χ4n) is 2.01. The number of nitrogens with one attached hydrogen (secondary N) is 1. The molecule has 0 bridgehead atoms. The normalized spacial score (nSPS) is 12.2. The lowest BCUT2D eigenvalue weighted by Crippen LogP contribution is -2.17. The van der Waals surface area contributed by atoms with Crippen LogP contribution in [0, 0.1) is 0 Å². The van der Waals surface area contributed by atoms with Crippen molar-refractivity contribution in [2.24, 2.45) is 0 Å². The van der Waals surface area contributed by atoms with Gasteiger partial charge in [0.15, 0.2) is 0 Å². The highest BCUT2D eigenvalue weighted by Gasteiger charge is 2.10. The highest BCUT2D eigenvalue weighted by molar-refractivity contribution is 7.11. The minimum absolute atomic E-state index is 0.229. The molecule has 0 aliphatic heterocycles. The van der Waals surface area contributed by atoms with Crippen molar-refractivity contribution in [3.05, 3.63) is 39.8 Å². The van der Waals surface area contributed by atoms with Gasteiger partial charge in [0.05, 0.1) is 20.3 Å². The summed E-state index contributed by atoms with van der Waals surface area (Å²) in [6.07, 6.45) is 3.00. The van der Waals surface area contributed by atoms with Gasteiger partial charge in [-0.2, -0.15) is 0 Å². The highest BCUT2D eigenvalue weighted by atomic mass is 32.1. The first-order valence-electron chi connectivity index (χ1n) is 7.06. The van der Waals surface area contributed by atoms with Crippen LogP contribution in [0.5, 0.6) is 11.5 Å². The minimum Gasteiger partial charge on any atom is -0.497 e. The second-order valence-corrected chi connectivity index (χ2v) is 5.99. The first kappa shape index (κ1) is 15.8. The lowest BCUT2D eigenvalue weighted by Gasteiger charge is -2.13. The van der Waals surface area contributed by atoms with Gasteiger partial charge in [-0.15, -0.1) is 11.3 Å². The zero-order valence-electron chi connectivity index (χ0n) is 13.0. The van der Waals surface area contributed by atoms with Gasteiger partial charge in [-0.05, 0) is 31.0 Å². The number of methoxy groups -OCH3 is 2. The van der Waals surface area contributed by atoms with E-state index in [0.717, 1.165) is 35.0 Å². The predicted octanol–water partition coefficient (Wildman–Crippen LogP) is 3.57. The first-order chi connectivity index (χ1) is 10.2. The number of benzene rings is 1. The summed E-state index contributed by atoms with van der Waals surface area (Å²) in [7, 11) is 3.33. The van der Waals surface area contributed by atoms with E-state index in [2.05, 4.69) is 24.1 Å². The molecule has 1 aromatic carbocycles. The maximum absolute atomic E-state index is 5.29. The standard InChI is InChI=1S/C16H22N2O2S/c1-5-15-10-18-16(21-15)11(2)17-9-12-6-13(19-3)8-14(7-12)20-4/h6-8,10-11,17H,5,9H2,1-4H3. The molecular formula is C16H22N2O2S. The van der Waals surface area contributed by atoms with Crippen molar-refractivity contribution in [3.8, 4) is 11.5 Å². The van der Waals surface area contributed by atoms with Crippen LogP contribution >= 0.6 is 11.3 Å². The molecule has 114 valence electrons. The Morgan fingerprint density at radius 1 is 1.19 bits per heavy atom. The molecule has 5 heteroatoms. The van der Waals surface area contributed by atoms with Gasteiger partial charge >= 0.3 is 0 Å². The number of aromatic nitrogens is 1. The summed E-state index contributed by atoms with van der Waals surface area (Å²) in [4.78, 5) is 5.79. The average Bonchev–Trinajstić information content (AvgIpc) is 3.01. The topological polar surface area (TPSA) is 43.4 Å². The van der Waals surface area contributed by atoms with E-state index in [1.165, 1.54) is 4.88 Å². The lowest BCUT2D eigenvalue weighted by molar-refractivity contribution is 0.392. The smallest absolute Gasteiger partial charge is 0.122 e. The number of thiazole rings is 1. The van der Waals surface area contributed by atoms with Crippen LogP contribution in [-0.2, 0) is 13.0 Å². The molecule has 0 radical (unpaired) electrons. The number of ether oxygens (including phenoxy) is 2. The van der Waals surface area contributed by atoms with Crippen molar-refractivity contribution in [1.82, 2.24) is 10.3 Å². The van der Waals surface area contributed by atoms with E-state index in [1.54, 1.807) is 25.6 Å². The molecule has 0 amide bonds. The zero-order valence-corrected chi connectivity index (χ0v) is 13.8. The number of hydrogen-bond donors (Lipinski definition) is 1. The van der Waals surface area contributed by atoms with Gasteiger partial charge in [0, 0.05) is 23.7 Å². The Balaban J connectivity index is 2.01. The van der Waals surface area contributed by atoms with Crippen LogP contribution in [0.3, 0.4) is 0 Å². The molecular weight excluding hydrogens is 284 g/mol. The van der Waals surface area contributed by atoms with E-state index < -0.39 is 0 Å². The van der Waals surface area contributed by atoms with E-state index in [9.17, 15) is 0 Å². The third-order valence-electron chi connectivity index (χ3n) is 3.31. The number of nitrogens with zero attached hydrogens (tertiary/aromatic N) is 1. The quantitative estimate of drug-likeness (QED) is 0.849. The molecule has 0 aliphatic carbocycles. The summed E-state index contributed by atoms with van der Waals surface area (Å²) < 4.78 is 10.6. The van der Waals surface area contributed by atoms with Gasteiger partial charge in [0.25, 0.3) is 0 Å². The fourth-order valence-corrected chi connectivity index (χ4v) is 2.90. The molecule has 4 nitrogen and oxygen atoms in total. The van der Waals surface area contributed by atoms with Gasteiger partial charge < -0.3 is 14.8 Å². The summed E-state index contributed by atoms with van der Waals surface area (Å²) in [5.41, 5.74) is 1.13. The van der Waals surface area contributed by atoms with Gasteiger partial charge in [0.1, 0.15) is 16.5 Å². The zero-order chi connectivity index (χ0) is 15.2. The maximum atomic E-state index is 5.29. The lowest BCUT2D eigenvalue weighted by atomic mass is 10.2. The van der Waals surface area contributed by atoms with Crippen LogP contribution < -0.4 is 14.8 Å². The number of rotatable bonds is 7. The van der Waals surface area contributed by atoms with Crippen LogP contribution in [0.1, 0.15) is 35.3 Å². The molecule has 0 saturated carbocycles. The van der Waals surface area contributed by atoms with E-state index in [0.29, 0.717) is 0 Å². The number of hydrogen-bond acceptors (Lipinski definition) is 5. The van der Waals surface area contributed by atoms with Crippen molar-refractivity contribution in [2.45, 2.75) is 32.9 Å². The second-order valence-electron chi connectivity index (χ2n) is 4.84. The van der Waals surface area contributed by atoms with Crippen molar-refractivity contribution >= 4 is 11.3 Å². The summed E-state index contributed by atoms with van der Waals surface area (Å²) in [5.74, 6) is 1.61. The number of aryl methyl sites for hydroxylation is 1. The molecule has 1 heterocycles. The third kappa shape index (κ3) is 4.19. The summed E-state index contributed by atoms with van der Waals surface area (Å²) >= 11 is 1.77. The Morgan fingerprint density at radius 2 is 1.86 bits per heavy atom. The van der Waals surface area contributed by atoms with Crippen LogP contribution in [0.25, 0.3) is 0 Å². The van der Waals surface area contributed by atoms with Crippen LogP contribution in [0.15, 0.2) is 24.4 Å². The van der Waals surface area contributed by atoms with Crippen molar-refractivity contribution in [1.29, 1.82) is 0 Å². The van der Waals surface area contributed by atoms with E-state index in [-0.39, 0.29) is 6.04 Å². The largest absolute Gasteiger partial charge is 0.497 e. The summed E-state index contributed by atoms with van der Waals surface area (Å²) in [6, 6.07) is 6.14. The van der Waals surface area contributed by atoms with Gasteiger partial charge in [-0.3, -0.25) is 0 Å². The van der Waals surface area contributed by atoms with Gasteiger partial charge in [0.2, 0.25) is 0 Å². The maximum Gasteiger partial charge on any atom is 0.122 e. The molecule has 0 fully saturated rings. The minimum atomic E-state index is 0.229. The highest BCUT2D eigenvalue weighted by Crippen LogP contribution is 2.24. The monoisotopic (exact) mass is 306 g/mol. The van der Waals surface area contributed by atoms with E-state index in [1.807, 2.05) is 24.4 Å². The molecule has 0 saturated heterocycles. The Hall–Kier alpha value is -1.59. The molecule has 1 atom stereocenters.